The number of benzene rings is 1. The van der Waals surface area contributed by atoms with Crippen molar-refractivity contribution in [3.8, 4) is 0 Å². The molecule has 1 heterocycles. The average molecular weight is 243 g/mol. The number of nitrogens with one attached hydrogen (secondary N) is 1. The molecular weight excluding hydrogens is 230 g/mol. The standard InChI is InChI=1S/C13H13N3O2/c1-2-9-5-3-4-6-10(9)15-13-14-8-7-11(16-13)12(17)18/h3-8H,2H2,1H3,(H,17,18)(H,14,15,16). The zero-order valence-electron chi connectivity index (χ0n) is 9.92. The van der Waals surface area contributed by atoms with E-state index in [1.807, 2.05) is 24.3 Å². The maximum atomic E-state index is 10.8. The van der Waals surface area contributed by atoms with Crippen LogP contribution in [-0.4, -0.2) is 21.0 Å². The first-order chi connectivity index (χ1) is 8.70. The first-order valence-electron chi connectivity index (χ1n) is 5.62. The fraction of sp³-hybridized carbons (Fsp3) is 0.154. The number of aromatic nitrogens is 2. The molecule has 1 aromatic heterocycles. The second-order valence-corrected chi connectivity index (χ2v) is 3.71. The van der Waals surface area contributed by atoms with Gasteiger partial charge in [0, 0.05) is 11.9 Å². The van der Waals surface area contributed by atoms with Crippen molar-refractivity contribution in [1.29, 1.82) is 0 Å². The van der Waals surface area contributed by atoms with Crippen LogP contribution in [0.3, 0.4) is 0 Å². The normalized spacial score (nSPS) is 10.1. The third-order valence-corrected chi connectivity index (χ3v) is 2.52. The molecule has 0 aliphatic heterocycles. The lowest BCUT2D eigenvalue weighted by molar-refractivity contribution is 0.0690. The third kappa shape index (κ3) is 2.63. The van der Waals surface area contributed by atoms with Crippen LogP contribution < -0.4 is 5.32 Å². The number of anilines is 2. The zero-order chi connectivity index (χ0) is 13.0. The summed E-state index contributed by atoms with van der Waals surface area (Å²) in [5.41, 5.74) is 1.99. The van der Waals surface area contributed by atoms with Crippen LogP contribution in [0.15, 0.2) is 36.5 Å². The Morgan fingerprint density at radius 3 is 2.83 bits per heavy atom. The maximum absolute atomic E-state index is 10.8. The van der Waals surface area contributed by atoms with Crippen LogP contribution in [0, 0.1) is 0 Å². The van der Waals surface area contributed by atoms with Gasteiger partial charge < -0.3 is 10.4 Å². The van der Waals surface area contributed by atoms with Gasteiger partial charge in [0.1, 0.15) is 0 Å². The monoisotopic (exact) mass is 243 g/mol. The first-order valence-corrected chi connectivity index (χ1v) is 5.62. The summed E-state index contributed by atoms with van der Waals surface area (Å²) in [5, 5.41) is 11.9. The molecule has 92 valence electrons. The summed E-state index contributed by atoms with van der Waals surface area (Å²) in [6.07, 6.45) is 2.30. The third-order valence-electron chi connectivity index (χ3n) is 2.52. The Hall–Kier alpha value is -2.43. The lowest BCUT2D eigenvalue weighted by Crippen LogP contribution is -2.05. The SMILES string of the molecule is CCc1ccccc1Nc1nccc(C(=O)O)n1. The second-order valence-electron chi connectivity index (χ2n) is 3.71. The van der Waals surface area contributed by atoms with Gasteiger partial charge in [-0.3, -0.25) is 0 Å². The highest BCUT2D eigenvalue weighted by Gasteiger charge is 2.07. The van der Waals surface area contributed by atoms with E-state index in [4.69, 9.17) is 5.11 Å². The molecule has 0 amide bonds. The van der Waals surface area contributed by atoms with Gasteiger partial charge in [0.2, 0.25) is 5.95 Å². The molecule has 2 aromatic rings. The number of hydrogen-bond donors (Lipinski definition) is 2. The van der Waals surface area contributed by atoms with Gasteiger partial charge in [-0.2, -0.15) is 0 Å². The minimum absolute atomic E-state index is 0.0264. The van der Waals surface area contributed by atoms with Crippen molar-refractivity contribution in [2.45, 2.75) is 13.3 Å². The van der Waals surface area contributed by atoms with Crippen LogP contribution in [0.5, 0.6) is 0 Å². The van der Waals surface area contributed by atoms with Crippen LogP contribution in [-0.2, 0) is 6.42 Å². The number of carboxylic acid groups (broad SMARTS) is 1. The number of rotatable bonds is 4. The average Bonchev–Trinajstić information content (AvgIpc) is 2.39. The lowest BCUT2D eigenvalue weighted by atomic mass is 10.1. The Morgan fingerprint density at radius 1 is 1.33 bits per heavy atom. The number of nitrogens with zero attached hydrogens (tertiary/aromatic N) is 2. The van der Waals surface area contributed by atoms with Gasteiger partial charge in [-0.05, 0) is 24.1 Å². The number of aryl methyl sites for hydroxylation is 1. The largest absolute Gasteiger partial charge is 0.477 e. The van der Waals surface area contributed by atoms with E-state index in [0.717, 1.165) is 17.7 Å². The van der Waals surface area contributed by atoms with Crippen molar-refractivity contribution in [3.63, 3.8) is 0 Å². The molecule has 1 aromatic carbocycles. The van der Waals surface area contributed by atoms with Crippen LogP contribution in [0.4, 0.5) is 11.6 Å². The van der Waals surface area contributed by atoms with Gasteiger partial charge in [0.25, 0.3) is 0 Å². The molecule has 0 atom stereocenters. The molecule has 2 rings (SSSR count). The van der Waals surface area contributed by atoms with Gasteiger partial charge in [0.05, 0.1) is 0 Å². The molecule has 2 N–H and O–H groups in total. The van der Waals surface area contributed by atoms with Crippen molar-refractivity contribution in [2.75, 3.05) is 5.32 Å². The first kappa shape index (κ1) is 12.0. The highest BCUT2D eigenvalue weighted by Crippen LogP contribution is 2.18. The van der Waals surface area contributed by atoms with Crippen LogP contribution in [0.1, 0.15) is 23.0 Å². The number of aromatic carboxylic acids is 1. The summed E-state index contributed by atoms with van der Waals surface area (Å²) in [7, 11) is 0. The number of carbonyl (C=O) groups is 1. The Kier molecular flexibility index (Phi) is 3.52. The van der Waals surface area contributed by atoms with Crippen molar-refractivity contribution in [3.05, 3.63) is 47.8 Å². The summed E-state index contributed by atoms with van der Waals surface area (Å²) in [6.45, 7) is 2.05. The van der Waals surface area contributed by atoms with Gasteiger partial charge in [0.15, 0.2) is 5.69 Å². The number of hydrogen-bond acceptors (Lipinski definition) is 4. The Bertz CT molecular complexity index is 570. The quantitative estimate of drug-likeness (QED) is 0.862. The molecule has 0 bridgehead atoms. The Morgan fingerprint density at radius 2 is 2.11 bits per heavy atom. The minimum Gasteiger partial charge on any atom is -0.477 e. The molecule has 0 radical (unpaired) electrons. The van der Waals surface area contributed by atoms with E-state index in [1.165, 1.54) is 12.3 Å². The van der Waals surface area contributed by atoms with E-state index < -0.39 is 5.97 Å². The van der Waals surface area contributed by atoms with Crippen molar-refractivity contribution in [2.24, 2.45) is 0 Å². The maximum Gasteiger partial charge on any atom is 0.354 e. The molecule has 0 saturated heterocycles. The zero-order valence-corrected chi connectivity index (χ0v) is 9.92. The topological polar surface area (TPSA) is 75.1 Å². The summed E-state index contributed by atoms with van der Waals surface area (Å²) in [4.78, 5) is 18.7. The summed E-state index contributed by atoms with van der Waals surface area (Å²) < 4.78 is 0. The van der Waals surface area contributed by atoms with Gasteiger partial charge in [-0.25, -0.2) is 14.8 Å². The predicted molar refractivity (Wildman–Crippen MR) is 68.1 cm³/mol. The molecule has 0 unspecified atom stereocenters. The molecule has 5 heteroatoms. The van der Waals surface area contributed by atoms with E-state index in [0.29, 0.717) is 0 Å². The molecule has 5 nitrogen and oxygen atoms in total. The summed E-state index contributed by atoms with van der Waals surface area (Å²) in [5.74, 6) is -0.778. The highest BCUT2D eigenvalue weighted by molar-refractivity contribution is 5.85. The van der Waals surface area contributed by atoms with E-state index >= 15 is 0 Å². The fourth-order valence-corrected chi connectivity index (χ4v) is 1.61. The predicted octanol–water partition coefficient (Wildman–Crippen LogP) is 2.48. The minimum atomic E-state index is -1.07. The van der Waals surface area contributed by atoms with E-state index in [1.54, 1.807) is 0 Å². The summed E-state index contributed by atoms with van der Waals surface area (Å²) >= 11 is 0. The van der Waals surface area contributed by atoms with E-state index in [2.05, 4.69) is 22.2 Å². The smallest absolute Gasteiger partial charge is 0.354 e. The van der Waals surface area contributed by atoms with Gasteiger partial charge in [-0.15, -0.1) is 0 Å². The second kappa shape index (κ2) is 5.27. The molecule has 0 fully saturated rings. The molecular formula is C13H13N3O2. The van der Waals surface area contributed by atoms with E-state index in [-0.39, 0.29) is 11.6 Å². The van der Waals surface area contributed by atoms with Crippen molar-refractivity contribution >= 4 is 17.6 Å². The summed E-state index contributed by atoms with van der Waals surface area (Å²) in [6, 6.07) is 9.14. The Balaban J connectivity index is 2.28. The molecule has 0 saturated carbocycles. The Labute approximate surface area is 105 Å². The van der Waals surface area contributed by atoms with Crippen molar-refractivity contribution < 1.29 is 9.90 Å². The molecule has 0 aliphatic rings. The molecule has 18 heavy (non-hydrogen) atoms. The van der Waals surface area contributed by atoms with E-state index in [9.17, 15) is 4.79 Å². The number of carboxylic acids is 1. The van der Waals surface area contributed by atoms with Crippen LogP contribution >= 0.6 is 0 Å². The fourth-order valence-electron chi connectivity index (χ4n) is 1.61. The van der Waals surface area contributed by atoms with Gasteiger partial charge >= 0.3 is 5.97 Å². The molecule has 0 aliphatic carbocycles. The van der Waals surface area contributed by atoms with Crippen molar-refractivity contribution in [1.82, 2.24) is 9.97 Å². The number of para-hydroxylation sites is 1. The van der Waals surface area contributed by atoms with Crippen LogP contribution in [0.2, 0.25) is 0 Å². The van der Waals surface area contributed by atoms with Gasteiger partial charge in [-0.1, -0.05) is 25.1 Å². The van der Waals surface area contributed by atoms with Crippen LogP contribution in [0.25, 0.3) is 0 Å². The molecule has 0 spiro atoms. The lowest BCUT2D eigenvalue weighted by Gasteiger charge is -2.09. The highest BCUT2D eigenvalue weighted by atomic mass is 16.4.